The number of hydrazone groups is 1. The minimum Gasteiger partial charge on any atom is -0.454 e. The fourth-order valence-electron chi connectivity index (χ4n) is 3.77. The lowest BCUT2D eigenvalue weighted by molar-refractivity contribution is -0.158. The van der Waals surface area contributed by atoms with Crippen molar-refractivity contribution in [3.63, 3.8) is 0 Å². The summed E-state index contributed by atoms with van der Waals surface area (Å²) < 4.78 is 5.24. The Balaban J connectivity index is 1.34. The molecule has 0 aromatic heterocycles. The molecule has 0 radical (unpaired) electrons. The molecule has 2 fully saturated rings. The van der Waals surface area contributed by atoms with Gasteiger partial charge in [0.05, 0.1) is 17.1 Å². The summed E-state index contributed by atoms with van der Waals surface area (Å²) in [5.74, 6) is -0.376. The molecule has 8 heteroatoms. The summed E-state index contributed by atoms with van der Waals surface area (Å²) in [6.07, 6.45) is 1.87. The first-order valence-electron chi connectivity index (χ1n) is 9.04. The Morgan fingerprint density at radius 3 is 2.85 bits per heavy atom. The van der Waals surface area contributed by atoms with Gasteiger partial charge in [0.25, 0.3) is 5.91 Å². The Kier molecular flexibility index (Phi) is 4.67. The van der Waals surface area contributed by atoms with Gasteiger partial charge >= 0.3 is 5.97 Å². The highest BCUT2D eigenvalue weighted by Gasteiger charge is 2.53. The van der Waals surface area contributed by atoms with Crippen molar-refractivity contribution in [1.82, 2.24) is 9.91 Å². The topological polar surface area (TPSA) is 79.3 Å². The van der Waals surface area contributed by atoms with Crippen molar-refractivity contribution in [2.45, 2.75) is 37.1 Å². The van der Waals surface area contributed by atoms with Gasteiger partial charge in [-0.2, -0.15) is 5.10 Å². The van der Waals surface area contributed by atoms with Crippen molar-refractivity contribution >= 4 is 35.3 Å². The molecule has 0 bridgehead atoms. The van der Waals surface area contributed by atoms with Crippen LogP contribution in [0, 0.1) is 0 Å². The number of fused-ring (bicyclic) bond motifs is 1. The van der Waals surface area contributed by atoms with Crippen LogP contribution in [0.3, 0.4) is 0 Å². The normalized spacial score (nSPS) is 26.9. The van der Waals surface area contributed by atoms with Crippen molar-refractivity contribution in [1.29, 1.82) is 0 Å². The van der Waals surface area contributed by atoms with Gasteiger partial charge in [-0.3, -0.25) is 9.59 Å². The minimum absolute atomic E-state index is 0.0209. The van der Waals surface area contributed by atoms with E-state index in [9.17, 15) is 14.4 Å². The van der Waals surface area contributed by atoms with Gasteiger partial charge in [-0.1, -0.05) is 30.3 Å². The molecule has 0 aliphatic carbocycles. The van der Waals surface area contributed by atoms with E-state index in [1.165, 1.54) is 5.01 Å². The molecule has 3 aliphatic heterocycles. The zero-order valence-electron chi connectivity index (χ0n) is 15.1. The van der Waals surface area contributed by atoms with E-state index in [1.807, 2.05) is 37.3 Å². The molecule has 2 saturated heterocycles. The van der Waals surface area contributed by atoms with Crippen LogP contribution in [0.15, 0.2) is 35.4 Å². The van der Waals surface area contributed by atoms with Crippen LogP contribution >= 0.6 is 11.8 Å². The first-order chi connectivity index (χ1) is 13.0. The Bertz CT molecular complexity index is 812. The van der Waals surface area contributed by atoms with Gasteiger partial charge in [-0.25, -0.2) is 9.80 Å². The smallest absolute Gasteiger partial charge is 0.330 e. The fraction of sp³-hybridized carbons (Fsp3) is 0.474. The van der Waals surface area contributed by atoms with Crippen LogP contribution in [0.5, 0.6) is 0 Å². The van der Waals surface area contributed by atoms with E-state index in [0.29, 0.717) is 25.1 Å². The monoisotopic (exact) mass is 387 g/mol. The van der Waals surface area contributed by atoms with Crippen LogP contribution in [0.4, 0.5) is 0 Å². The Hall–Kier alpha value is -2.35. The summed E-state index contributed by atoms with van der Waals surface area (Å²) in [5, 5.41) is 5.70. The predicted molar refractivity (Wildman–Crippen MR) is 101 cm³/mol. The van der Waals surface area contributed by atoms with E-state index in [-0.39, 0.29) is 23.3 Å². The van der Waals surface area contributed by atoms with Gasteiger partial charge < -0.3 is 9.64 Å². The Morgan fingerprint density at radius 1 is 1.30 bits per heavy atom. The summed E-state index contributed by atoms with van der Waals surface area (Å²) in [6, 6.07) is 9.08. The number of carbonyl (C=O) groups excluding carboxylic acids is 3. The highest BCUT2D eigenvalue weighted by Crippen LogP contribution is 2.47. The van der Waals surface area contributed by atoms with Crippen LogP contribution in [0.2, 0.25) is 0 Å². The van der Waals surface area contributed by atoms with Crippen LogP contribution in [-0.4, -0.2) is 63.2 Å². The van der Waals surface area contributed by atoms with Crippen molar-refractivity contribution < 1.29 is 19.1 Å². The Morgan fingerprint density at radius 2 is 2.07 bits per heavy atom. The predicted octanol–water partition coefficient (Wildman–Crippen LogP) is 1.62. The lowest BCUT2D eigenvalue weighted by atomic mass is 10.1. The molecular formula is C19H21N3O4S. The highest BCUT2D eigenvalue weighted by molar-refractivity contribution is 8.01. The number of benzene rings is 1. The van der Waals surface area contributed by atoms with Crippen LogP contribution in [0.25, 0.3) is 0 Å². The quantitative estimate of drug-likeness (QED) is 0.734. The molecule has 1 aromatic rings. The Labute approximate surface area is 161 Å². The average molecular weight is 387 g/mol. The zero-order chi connectivity index (χ0) is 19.0. The molecule has 7 nitrogen and oxygen atoms in total. The fourth-order valence-corrected chi connectivity index (χ4v) is 5.19. The SMILES string of the molecule is C[C@]12CCC(=O)N1[C@H](C(=O)OCC(=O)N1CCC(c3ccccc3)=N1)CS2. The number of carbonyl (C=O) groups is 3. The molecule has 2 amide bonds. The van der Waals surface area contributed by atoms with Gasteiger partial charge in [-0.05, 0) is 18.9 Å². The van der Waals surface area contributed by atoms with E-state index in [0.717, 1.165) is 17.7 Å². The van der Waals surface area contributed by atoms with E-state index in [4.69, 9.17) is 4.74 Å². The lowest BCUT2D eigenvalue weighted by Gasteiger charge is -2.29. The first kappa shape index (κ1) is 18.0. The second-order valence-electron chi connectivity index (χ2n) is 7.05. The van der Waals surface area contributed by atoms with Crippen molar-refractivity contribution in [2.24, 2.45) is 5.10 Å². The van der Waals surface area contributed by atoms with Gasteiger partial charge in [-0.15, -0.1) is 11.8 Å². The van der Waals surface area contributed by atoms with Gasteiger partial charge in [0.15, 0.2) is 6.61 Å². The van der Waals surface area contributed by atoms with Crippen molar-refractivity contribution in [2.75, 3.05) is 18.9 Å². The first-order valence-corrected chi connectivity index (χ1v) is 10.0. The summed E-state index contributed by atoms with van der Waals surface area (Å²) in [4.78, 5) is 38.2. The molecule has 2 atom stereocenters. The van der Waals surface area contributed by atoms with Crippen LogP contribution in [0.1, 0.15) is 31.7 Å². The van der Waals surface area contributed by atoms with E-state index >= 15 is 0 Å². The summed E-state index contributed by atoms with van der Waals surface area (Å²) >= 11 is 1.60. The van der Waals surface area contributed by atoms with Crippen LogP contribution < -0.4 is 0 Å². The summed E-state index contributed by atoms with van der Waals surface area (Å²) in [7, 11) is 0. The number of esters is 1. The molecule has 1 aromatic carbocycles. The van der Waals surface area contributed by atoms with E-state index < -0.39 is 12.0 Å². The number of thioether (sulfide) groups is 1. The maximum atomic E-state index is 12.4. The number of amides is 2. The number of ether oxygens (including phenoxy) is 1. The van der Waals surface area contributed by atoms with Gasteiger partial charge in [0.1, 0.15) is 6.04 Å². The standard InChI is InChI=1S/C19H21N3O4S/c1-19-9-7-16(23)22(19)15(12-27-19)18(25)26-11-17(24)21-10-8-14(20-21)13-5-3-2-4-6-13/h2-6,15H,7-12H2,1H3/t15-,19-/m0/s1. The van der Waals surface area contributed by atoms with Gasteiger partial charge in [0, 0.05) is 18.6 Å². The summed E-state index contributed by atoms with van der Waals surface area (Å²) in [6.45, 7) is 2.10. The average Bonchev–Trinajstić information content (AvgIpc) is 3.36. The molecule has 4 rings (SSSR count). The molecule has 142 valence electrons. The minimum atomic E-state index is -0.607. The second-order valence-corrected chi connectivity index (χ2v) is 8.55. The molecule has 27 heavy (non-hydrogen) atoms. The number of nitrogens with zero attached hydrogens (tertiary/aromatic N) is 3. The maximum Gasteiger partial charge on any atom is 0.330 e. The zero-order valence-corrected chi connectivity index (χ0v) is 15.9. The second kappa shape index (κ2) is 6.99. The van der Waals surface area contributed by atoms with Crippen molar-refractivity contribution in [3.8, 4) is 0 Å². The number of hydrogen-bond donors (Lipinski definition) is 0. The third kappa shape index (κ3) is 3.34. The lowest BCUT2D eigenvalue weighted by Crippen LogP contribution is -2.47. The van der Waals surface area contributed by atoms with E-state index in [1.54, 1.807) is 16.7 Å². The molecule has 0 unspecified atom stereocenters. The molecule has 0 saturated carbocycles. The molecule has 0 N–H and O–H groups in total. The van der Waals surface area contributed by atoms with Crippen LogP contribution in [-0.2, 0) is 19.1 Å². The molecule has 0 spiro atoms. The van der Waals surface area contributed by atoms with Crippen molar-refractivity contribution in [3.05, 3.63) is 35.9 Å². The third-order valence-corrected chi connectivity index (χ3v) is 6.76. The maximum absolute atomic E-state index is 12.4. The number of rotatable bonds is 4. The number of hydrogen-bond acceptors (Lipinski definition) is 6. The van der Waals surface area contributed by atoms with Gasteiger partial charge in [0.2, 0.25) is 5.91 Å². The highest BCUT2D eigenvalue weighted by atomic mass is 32.2. The molecule has 3 heterocycles. The molecular weight excluding hydrogens is 366 g/mol. The third-order valence-electron chi connectivity index (χ3n) is 5.25. The van der Waals surface area contributed by atoms with E-state index in [2.05, 4.69) is 5.10 Å². The summed E-state index contributed by atoms with van der Waals surface area (Å²) in [5.41, 5.74) is 1.83. The largest absolute Gasteiger partial charge is 0.454 e. The molecule has 3 aliphatic rings.